The lowest BCUT2D eigenvalue weighted by Crippen LogP contribution is -2.52. The number of aromatic nitrogens is 3. The number of fused-ring (bicyclic) bond motifs is 1. The predicted octanol–water partition coefficient (Wildman–Crippen LogP) is 4.76. The third-order valence-electron chi connectivity index (χ3n) is 7.12. The Hall–Kier alpha value is -2.93. The monoisotopic (exact) mass is 432 g/mol. The van der Waals surface area contributed by atoms with E-state index in [1.807, 2.05) is 19.1 Å². The Balaban J connectivity index is 1.33. The van der Waals surface area contributed by atoms with E-state index in [1.54, 1.807) is 6.20 Å². The predicted molar refractivity (Wildman–Crippen MR) is 127 cm³/mol. The molecule has 5 rings (SSSR count). The average molecular weight is 433 g/mol. The topological polar surface area (TPSA) is 85.9 Å². The summed E-state index contributed by atoms with van der Waals surface area (Å²) in [7, 11) is 0. The van der Waals surface area contributed by atoms with Gasteiger partial charge in [-0.05, 0) is 81.8 Å². The number of hydrogen-bond donors (Lipinski definition) is 3. The number of piperidine rings is 1. The first-order chi connectivity index (χ1) is 15.5. The minimum absolute atomic E-state index is 0.103. The zero-order valence-electron chi connectivity index (χ0n) is 19.1. The highest BCUT2D eigenvalue weighted by atomic mass is 16.2. The first-order valence-electron chi connectivity index (χ1n) is 11.7. The first-order valence-corrected chi connectivity index (χ1v) is 11.7. The number of carbonyl (C=O) groups is 1. The summed E-state index contributed by atoms with van der Waals surface area (Å²) in [6, 6.07) is 8.88. The van der Waals surface area contributed by atoms with Gasteiger partial charge in [0, 0.05) is 24.3 Å². The molecule has 32 heavy (non-hydrogen) atoms. The number of nitrogens with zero attached hydrogens (tertiary/aromatic N) is 3. The number of benzene rings is 1. The van der Waals surface area contributed by atoms with Crippen LogP contribution in [-0.2, 0) is 0 Å². The summed E-state index contributed by atoms with van der Waals surface area (Å²) in [5.74, 6) is 1.02. The number of urea groups is 1. The molecule has 2 aliphatic rings. The lowest BCUT2D eigenvalue weighted by atomic mass is 9.86. The van der Waals surface area contributed by atoms with Gasteiger partial charge in [-0.3, -0.25) is 9.88 Å². The van der Waals surface area contributed by atoms with Gasteiger partial charge in [0.1, 0.15) is 5.82 Å². The quantitative estimate of drug-likeness (QED) is 0.555. The highest BCUT2D eigenvalue weighted by Gasteiger charge is 2.38. The molecule has 7 nitrogen and oxygen atoms in total. The van der Waals surface area contributed by atoms with E-state index in [2.05, 4.69) is 51.5 Å². The van der Waals surface area contributed by atoms with Crippen molar-refractivity contribution in [3.63, 3.8) is 0 Å². The number of anilines is 1. The molecule has 1 aliphatic heterocycles. The highest BCUT2D eigenvalue weighted by molar-refractivity contribution is 5.89. The number of nitrogens with one attached hydrogen (secondary N) is 3. The van der Waals surface area contributed by atoms with Crippen LogP contribution in [0.15, 0.2) is 30.5 Å². The molecule has 168 valence electrons. The number of hydrogen-bond acceptors (Lipinski definition) is 4. The van der Waals surface area contributed by atoms with E-state index in [0.717, 1.165) is 41.9 Å². The van der Waals surface area contributed by atoms with E-state index < -0.39 is 0 Å². The van der Waals surface area contributed by atoms with Crippen LogP contribution in [0, 0.1) is 20.8 Å². The number of aromatic amines is 1. The molecule has 0 spiro atoms. The van der Waals surface area contributed by atoms with E-state index in [9.17, 15) is 4.79 Å². The largest absolute Gasteiger partial charge is 0.341 e. The van der Waals surface area contributed by atoms with Crippen molar-refractivity contribution in [1.29, 1.82) is 0 Å². The van der Waals surface area contributed by atoms with Crippen molar-refractivity contribution in [3.05, 3.63) is 53.1 Å². The summed E-state index contributed by atoms with van der Waals surface area (Å²) in [4.78, 5) is 28.1. The summed E-state index contributed by atoms with van der Waals surface area (Å²) < 4.78 is 0. The van der Waals surface area contributed by atoms with Crippen LogP contribution in [0.5, 0.6) is 0 Å². The van der Waals surface area contributed by atoms with Crippen molar-refractivity contribution in [2.45, 2.75) is 71.0 Å². The van der Waals surface area contributed by atoms with Crippen LogP contribution in [0.1, 0.15) is 60.8 Å². The van der Waals surface area contributed by atoms with Gasteiger partial charge in [-0.25, -0.2) is 9.78 Å². The van der Waals surface area contributed by atoms with Crippen molar-refractivity contribution >= 4 is 22.8 Å². The third-order valence-corrected chi connectivity index (χ3v) is 7.12. The van der Waals surface area contributed by atoms with Crippen LogP contribution in [0.3, 0.4) is 0 Å². The standard InChI is InChI=1S/C25H32N6O/c1-15-11-21-22(12-16(15)2)30-24(29-21)23-13-18(9-10-31(23)20-5-4-6-20)27-25(32)28-19-8-7-17(3)26-14-19/h7-8,11-12,14,18,20,23H,4-6,9-10,13H2,1-3H3,(H,29,30)(H2,27,28,32)/t18-,23-/m1/s1. The van der Waals surface area contributed by atoms with Gasteiger partial charge in [-0.2, -0.15) is 0 Å². The van der Waals surface area contributed by atoms with Gasteiger partial charge in [0.2, 0.25) is 0 Å². The molecule has 2 aromatic heterocycles. The van der Waals surface area contributed by atoms with Crippen LogP contribution in [0.2, 0.25) is 0 Å². The molecule has 2 fully saturated rings. The molecule has 1 aliphatic carbocycles. The van der Waals surface area contributed by atoms with Crippen LogP contribution < -0.4 is 10.6 Å². The molecule has 0 unspecified atom stereocenters. The van der Waals surface area contributed by atoms with E-state index >= 15 is 0 Å². The van der Waals surface area contributed by atoms with Crippen LogP contribution in [0.25, 0.3) is 11.0 Å². The number of rotatable bonds is 4. The molecule has 3 heterocycles. The molecule has 3 aromatic rings. The number of imidazole rings is 1. The Labute approximate surface area is 189 Å². The number of likely N-dealkylation sites (tertiary alicyclic amines) is 1. The zero-order valence-corrected chi connectivity index (χ0v) is 19.1. The minimum Gasteiger partial charge on any atom is -0.341 e. The first kappa shape index (κ1) is 20.9. The molecular weight excluding hydrogens is 400 g/mol. The highest BCUT2D eigenvalue weighted by Crippen LogP contribution is 2.38. The zero-order chi connectivity index (χ0) is 22.2. The van der Waals surface area contributed by atoms with Gasteiger partial charge in [-0.15, -0.1) is 0 Å². The van der Waals surface area contributed by atoms with E-state index in [4.69, 9.17) is 4.98 Å². The Morgan fingerprint density at radius 3 is 2.66 bits per heavy atom. The third kappa shape index (κ3) is 4.21. The number of carbonyl (C=O) groups excluding carboxylic acids is 1. The fraction of sp³-hybridized carbons (Fsp3) is 0.480. The Morgan fingerprint density at radius 1 is 1.12 bits per heavy atom. The maximum absolute atomic E-state index is 12.6. The SMILES string of the molecule is Cc1ccc(NC(=O)N[C@@H]2CCN(C3CCC3)[C@@H](c3nc4cc(C)c(C)cc4[nH]3)C2)cn1. The molecule has 2 amide bonds. The second-order valence-corrected chi connectivity index (χ2v) is 9.42. The molecule has 0 radical (unpaired) electrons. The molecule has 7 heteroatoms. The summed E-state index contributed by atoms with van der Waals surface area (Å²) in [5, 5.41) is 6.09. The van der Waals surface area contributed by atoms with Gasteiger partial charge < -0.3 is 15.6 Å². The van der Waals surface area contributed by atoms with Crippen molar-refractivity contribution < 1.29 is 4.79 Å². The van der Waals surface area contributed by atoms with E-state index in [-0.39, 0.29) is 18.1 Å². The number of amides is 2. The van der Waals surface area contributed by atoms with Gasteiger partial charge in [0.25, 0.3) is 0 Å². The van der Waals surface area contributed by atoms with E-state index in [0.29, 0.717) is 11.7 Å². The lowest BCUT2D eigenvalue weighted by Gasteiger charge is -2.46. The lowest BCUT2D eigenvalue weighted by molar-refractivity contribution is 0.0374. The molecule has 2 atom stereocenters. The van der Waals surface area contributed by atoms with E-state index in [1.165, 1.54) is 30.4 Å². The summed E-state index contributed by atoms with van der Waals surface area (Å²) in [6.45, 7) is 7.17. The minimum atomic E-state index is -0.174. The number of pyridine rings is 1. The summed E-state index contributed by atoms with van der Waals surface area (Å²) in [6.07, 6.45) is 7.32. The molecule has 1 saturated carbocycles. The fourth-order valence-electron chi connectivity index (χ4n) is 4.88. The number of aryl methyl sites for hydroxylation is 3. The molecular formula is C25H32N6O. The van der Waals surface area contributed by atoms with Crippen molar-refractivity contribution in [3.8, 4) is 0 Å². The second-order valence-electron chi connectivity index (χ2n) is 9.42. The summed E-state index contributed by atoms with van der Waals surface area (Å²) >= 11 is 0. The molecule has 0 bridgehead atoms. The Bertz CT molecular complexity index is 1080. The van der Waals surface area contributed by atoms with Gasteiger partial charge in [0.15, 0.2) is 0 Å². The van der Waals surface area contributed by atoms with Crippen LogP contribution in [-0.4, -0.2) is 44.5 Å². The normalized spacial score (nSPS) is 22.0. The Morgan fingerprint density at radius 2 is 1.94 bits per heavy atom. The van der Waals surface area contributed by atoms with Gasteiger partial charge in [-0.1, -0.05) is 6.42 Å². The summed E-state index contributed by atoms with van der Waals surface area (Å²) in [5.41, 5.74) is 6.29. The van der Waals surface area contributed by atoms with Crippen molar-refractivity contribution in [2.24, 2.45) is 0 Å². The molecule has 1 aromatic carbocycles. The smallest absolute Gasteiger partial charge is 0.319 e. The van der Waals surface area contributed by atoms with Crippen molar-refractivity contribution in [2.75, 3.05) is 11.9 Å². The second kappa shape index (κ2) is 8.54. The average Bonchev–Trinajstić information content (AvgIpc) is 3.12. The van der Waals surface area contributed by atoms with Crippen molar-refractivity contribution in [1.82, 2.24) is 25.2 Å². The van der Waals surface area contributed by atoms with Gasteiger partial charge >= 0.3 is 6.03 Å². The van der Waals surface area contributed by atoms with Crippen LogP contribution in [0.4, 0.5) is 10.5 Å². The maximum atomic E-state index is 12.6. The van der Waals surface area contributed by atoms with Gasteiger partial charge in [0.05, 0.1) is 29.0 Å². The maximum Gasteiger partial charge on any atom is 0.319 e. The van der Waals surface area contributed by atoms with Crippen LogP contribution >= 0.6 is 0 Å². The molecule has 1 saturated heterocycles. The molecule has 3 N–H and O–H groups in total. The Kier molecular flexibility index (Phi) is 5.59. The number of H-pyrrole nitrogens is 1. The fourth-order valence-corrected chi connectivity index (χ4v) is 4.88.